The molecule has 0 aliphatic carbocycles. The maximum atomic E-state index is 13.6. The van der Waals surface area contributed by atoms with Gasteiger partial charge in [-0.25, -0.2) is 8.78 Å². The Labute approximate surface area is 130 Å². The van der Waals surface area contributed by atoms with Crippen LogP contribution in [-0.2, 0) is 0 Å². The minimum atomic E-state index is -0.863. The van der Waals surface area contributed by atoms with Crippen molar-refractivity contribution in [1.29, 1.82) is 0 Å². The van der Waals surface area contributed by atoms with Crippen LogP contribution < -0.4 is 5.32 Å². The zero-order chi connectivity index (χ0) is 15.4. The molecule has 1 unspecified atom stereocenters. The molecule has 1 N–H and O–H groups in total. The third-order valence-corrected chi connectivity index (χ3v) is 3.69. The molecule has 0 heterocycles. The predicted molar refractivity (Wildman–Crippen MR) is 81.0 cm³/mol. The molecule has 1 atom stereocenters. The van der Waals surface area contributed by atoms with E-state index >= 15 is 0 Å². The number of carbonyl (C=O) groups is 1. The van der Waals surface area contributed by atoms with Crippen molar-refractivity contribution >= 4 is 21.8 Å². The van der Waals surface area contributed by atoms with Crippen molar-refractivity contribution < 1.29 is 13.6 Å². The zero-order valence-corrected chi connectivity index (χ0v) is 13.0. The molecule has 0 fully saturated rings. The fourth-order valence-corrected chi connectivity index (χ4v) is 2.29. The molecule has 0 aliphatic heterocycles. The Hall–Kier alpha value is -1.75. The van der Waals surface area contributed by atoms with E-state index in [-0.39, 0.29) is 11.6 Å². The molecular weight excluding hydrogens is 340 g/mol. The molecule has 5 heteroatoms. The van der Waals surface area contributed by atoms with Crippen LogP contribution in [0.15, 0.2) is 46.9 Å². The number of amides is 1. The lowest BCUT2D eigenvalue weighted by Crippen LogP contribution is -2.28. The lowest BCUT2D eigenvalue weighted by atomic mass is 10.0. The molecule has 0 radical (unpaired) electrons. The van der Waals surface area contributed by atoms with Gasteiger partial charge in [0.15, 0.2) is 0 Å². The van der Waals surface area contributed by atoms with Gasteiger partial charge in [-0.1, -0.05) is 35.0 Å². The standard InChI is InChI=1S/C16H14BrF2NO/c1-2-15(10-3-5-11(17)6-4-10)20-16(21)13-8-7-12(18)9-14(13)19/h3-9,15H,2H2,1H3,(H,20,21). The molecule has 1 amide bonds. The van der Waals surface area contributed by atoms with E-state index in [2.05, 4.69) is 21.2 Å². The number of carbonyl (C=O) groups excluding carboxylic acids is 1. The Bertz CT molecular complexity index is 643. The summed E-state index contributed by atoms with van der Waals surface area (Å²) in [5.41, 5.74) is 0.767. The van der Waals surface area contributed by atoms with Gasteiger partial charge in [0.25, 0.3) is 5.91 Å². The van der Waals surface area contributed by atoms with E-state index in [9.17, 15) is 13.6 Å². The van der Waals surface area contributed by atoms with Gasteiger partial charge in [-0.15, -0.1) is 0 Å². The van der Waals surface area contributed by atoms with Gasteiger partial charge in [0.1, 0.15) is 11.6 Å². The minimum absolute atomic E-state index is 0.160. The topological polar surface area (TPSA) is 29.1 Å². The maximum Gasteiger partial charge on any atom is 0.254 e. The van der Waals surface area contributed by atoms with Crippen molar-refractivity contribution in [2.75, 3.05) is 0 Å². The van der Waals surface area contributed by atoms with Crippen molar-refractivity contribution in [1.82, 2.24) is 5.32 Å². The highest BCUT2D eigenvalue weighted by Gasteiger charge is 2.17. The van der Waals surface area contributed by atoms with Crippen molar-refractivity contribution in [2.45, 2.75) is 19.4 Å². The van der Waals surface area contributed by atoms with Crippen LogP contribution in [0, 0.1) is 11.6 Å². The van der Waals surface area contributed by atoms with Crippen LogP contribution in [0.2, 0.25) is 0 Å². The van der Waals surface area contributed by atoms with Crippen LogP contribution in [0.1, 0.15) is 35.3 Å². The SMILES string of the molecule is CCC(NC(=O)c1ccc(F)cc1F)c1ccc(Br)cc1. The second-order valence-electron chi connectivity index (χ2n) is 4.61. The number of rotatable bonds is 4. The Morgan fingerprint density at radius 1 is 1.19 bits per heavy atom. The predicted octanol–water partition coefficient (Wildman–Crippen LogP) is 4.61. The van der Waals surface area contributed by atoms with Crippen molar-refractivity contribution in [3.05, 3.63) is 69.7 Å². The van der Waals surface area contributed by atoms with E-state index in [0.29, 0.717) is 12.5 Å². The van der Waals surface area contributed by atoms with E-state index in [0.717, 1.165) is 22.2 Å². The summed E-state index contributed by atoms with van der Waals surface area (Å²) >= 11 is 3.35. The summed E-state index contributed by atoms with van der Waals surface area (Å²) in [6.07, 6.45) is 0.663. The number of benzene rings is 2. The van der Waals surface area contributed by atoms with Gasteiger partial charge in [-0.05, 0) is 36.2 Å². The number of hydrogen-bond donors (Lipinski definition) is 1. The third-order valence-electron chi connectivity index (χ3n) is 3.16. The quantitative estimate of drug-likeness (QED) is 0.854. The molecule has 110 valence electrons. The largest absolute Gasteiger partial charge is 0.345 e. The number of nitrogens with one attached hydrogen (secondary N) is 1. The zero-order valence-electron chi connectivity index (χ0n) is 11.4. The first kappa shape index (κ1) is 15.6. The molecule has 0 spiro atoms. The monoisotopic (exact) mass is 353 g/mol. The molecule has 0 saturated carbocycles. The fourth-order valence-electron chi connectivity index (χ4n) is 2.03. The molecule has 2 rings (SSSR count). The van der Waals surface area contributed by atoms with E-state index in [1.165, 1.54) is 0 Å². The lowest BCUT2D eigenvalue weighted by molar-refractivity contribution is 0.0931. The maximum absolute atomic E-state index is 13.6. The summed E-state index contributed by atoms with van der Waals surface area (Å²) in [6.45, 7) is 1.92. The summed E-state index contributed by atoms with van der Waals surface area (Å²) in [7, 11) is 0. The molecule has 0 saturated heterocycles. The molecule has 2 aromatic carbocycles. The summed E-state index contributed by atoms with van der Waals surface area (Å²) in [5.74, 6) is -2.12. The minimum Gasteiger partial charge on any atom is -0.345 e. The lowest BCUT2D eigenvalue weighted by Gasteiger charge is -2.18. The summed E-state index contributed by atoms with van der Waals surface area (Å²) in [6, 6.07) is 10.2. The van der Waals surface area contributed by atoms with Gasteiger partial charge >= 0.3 is 0 Å². The first-order chi connectivity index (χ1) is 10.0. The molecule has 0 aromatic heterocycles. The average Bonchev–Trinajstić information content (AvgIpc) is 2.45. The summed E-state index contributed by atoms with van der Waals surface area (Å²) in [4.78, 5) is 12.1. The molecule has 0 bridgehead atoms. The van der Waals surface area contributed by atoms with Crippen LogP contribution in [0.3, 0.4) is 0 Å². The van der Waals surface area contributed by atoms with E-state index in [4.69, 9.17) is 0 Å². The van der Waals surface area contributed by atoms with Gasteiger partial charge in [0, 0.05) is 10.5 Å². The molecule has 2 aromatic rings. The second kappa shape index (κ2) is 6.80. The van der Waals surface area contributed by atoms with Gasteiger partial charge in [0.05, 0.1) is 11.6 Å². The van der Waals surface area contributed by atoms with Gasteiger partial charge in [0.2, 0.25) is 0 Å². The summed E-state index contributed by atoms with van der Waals surface area (Å²) < 4.78 is 27.4. The first-order valence-corrected chi connectivity index (χ1v) is 7.32. The van der Waals surface area contributed by atoms with Crippen molar-refractivity contribution in [2.24, 2.45) is 0 Å². The van der Waals surface area contributed by atoms with Gasteiger partial charge in [-0.2, -0.15) is 0 Å². The normalized spacial score (nSPS) is 12.0. The summed E-state index contributed by atoms with van der Waals surface area (Å²) in [5, 5.41) is 2.76. The Morgan fingerprint density at radius 3 is 2.43 bits per heavy atom. The Balaban J connectivity index is 2.18. The Kier molecular flexibility index (Phi) is 5.07. The first-order valence-electron chi connectivity index (χ1n) is 6.52. The highest BCUT2D eigenvalue weighted by molar-refractivity contribution is 9.10. The van der Waals surface area contributed by atoms with Crippen LogP contribution in [0.25, 0.3) is 0 Å². The van der Waals surface area contributed by atoms with E-state index in [1.54, 1.807) is 0 Å². The van der Waals surface area contributed by atoms with E-state index < -0.39 is 17.5 Å². The Morgan fingerprint density at radius 2 is 1.86 bits per heavy atom. The van der Waals surface area contributed by atoms with Crippen molar-refractivity contribution in [3.8, 4) is 0 Å². The molecule has 0 aliphatic rings. The third kappa shape index (κ3) is 3.88. The van der Waals surface area contributed by atoms with Crippen LogP contribution in [0.4, 0.5) is 8.78 Å². The molecular formula is C16H14BrF2NO. The number of halogens is 3. The van der Waals surface area contributed by atoms with Crippen LogP contribution >= 0.6 is 15.9 Å². The van der Waals surface area contributed by atoms with Crippen LogP contribution in [-0.4, -0.2) is 5.91 Å². The highest BCUT2D eigenvalue weighted by Crippen LogP contribution is 2.20. The van der Waals surface area contributed by atoms with Gasteiger partial charge in [-0.3, -0.25) is 4.79 Å². The van der Waals surface area contributed by atoms with Gasteiger partial charge < -0.3 is 5.32 Å². The number of hydrogen-bond acceptors (Lipinski definition) is 1. The smallest absolute Gasteiger partial charge is 0.254 e. The average molecular weight is 354 g/mol. The molecule has 2 nitrogen and oxygen atoms in total. The van der Waals surface area contributed by atoms with Crippen LogP contribution in [0.5, 0.6) is 0 Å². The molecule has 21 heavy (non-hydrogen) atoms. The van der Waals surface area contributed by atoms with Crippen molar-refractivity contribution in [3.63, 3.8) is 0 Å². The second-order valence-corrected chi connectivity index (χ2v) is 5.53. The van der Waals surface area contributed by atoms with E-state index in [1.807, 2.05) is 31.2 Å². The highest BCUT2D eigenvalue weighted by atomic mass is 79.9. The fraction of sp³-hybridized carbons (Fsp3) is 0.188.